The van der Waals surface area contributed by atoms with Gasteiger partial charge in [0.1, 0.15) is 6.10 Å². The number of hydrogen-bond donors (Lipinski definition) is 3. The van der Waals surface area contributed by atoms with Gasteiger partial charge in [0.2, 0.25) is 5.88 Å². The lowest BCUT2D eigenvalue weighted by molar-refractivity contribution is 0.291. The summed E-state index contributed by atoms with van der Waals surface area (Å²) >= 11 is 0. The number of aromatic nitrogens is 1. The van der Waals surface area contributed by atoms with Crippen LogP contribution in [0.4, 0.5) is 5.69 Å². The number of anilines is 1. The highest BCUT2D eigenvalue weighted by molar-refractivity contribution is 6.60. The predicted octanol–water partition coefficient (Wildman–Crippen LogP) is -1.12. The SMILES string of the molecule is Nc1cc(OC2CC2)ncc1B(O)O. The highest BCUT2D eigenvalue weighted by Gasteiger charge is 2.24. The second kappa shape index (κ2) is 3.47. The third kappa shape index (κ3) is 1.97. The number of hydrogen-bond acceptors (Lipinski definition) is 5. The number of ether oxygens (including phenoxy) is 1. The minimum atomic E-state index is -1.59. The molecule has 1 heterocycles. The first-order valence-electron chi connectivity index (χ1n) is 4.45. The molecule has 0 bridgehead atoms. The normalized spacial score (nSPS) is 15.3. The molecule has 0 amide bonds. The number of nitrogens with two attached hydrogens (primary N) is 1. The number of nitrogen functional groups attached to an aromatic ring is 1. The first-order chi connectivity index (χ1) is 6.66. The van der Waals surface area contributed by atoms with Crippen LogP contribution in [-0.2, 0) is 0 Å². The van der Waals surface area contributed by atoms with E-state index in [-0.39, 0.29) is 17.3 Å². The summed E-state index contributed by atoms with van der Waals surface area (Å²) in [5.41, 5.74) is 6.06. The van der Waals surface area contributed by atoms with Gasteiger partial charge in [-0.05, 0) is 12.8 Å². The van der Waals surface area contributed by atoms with Gasteiger partial charge in [0.25, 0.3) is 0 Å². The van der Waals surface area contributed by atoms with E-state index in [0.29, 0.717) is 5.88 Å². The predicted molar refractivity (Wildman–Crippen MR) is 52.1 cm³/mol. The van der Waals surface area contributed by atoms with E-state index in [1.165, 1.54) is 12.3 Å². The first kappa shape index (κ1) is 9.30. The molecule has 14 heavy (non-hydrogen) atoms. The summed E-state index contributed by atoms with van der Waals surface area (Å²) in [6, 6.07) is 1.51. The highest BCUT2D eigenvalue weighted by Crippen LogP contribution is 2.25. The summed E-state index contributed by atoms with van der Waals surface area (Å²) in [6.07, 6.45) is 3.67. The Balaban J connectivity index is 2.16. The van der Waals surface area contributed by atoms with Crippen molar-refractivity contribution in [1.82, 2.24) is 4.98 Å². The van der Waals surface area contributed by atoms with Crippen LogP contribution >= 0.6 is 0 Å². The van der Waals surface area contributed by atoms with Crippen molar-refractivity contribution in [3.63, 3.8) is 0 Å². The molecule has 0 radical (unpaired) electrons. The van der Waals surface area contributed by atoms with Crippen LogP contribution < -0.4 is 15.9 Å². The second-order valence-corrected chi connectivity index (χ2v) is 3.34. The molecule has 1 aromatic rings. The Morgan fingerprint density at radius 1 is 1.50 bits per heavy atom. The van der Waals surface area contributed by atoms with Crippen LogP contribution in [0.15, 0.2) is 12.3 Å². The summed E-state index contributed by atoms with van der Waals surface area (Å²) in [5, 5.41) is 17.8. The Morgan fingerprint density at radius 2 is 2.21 bits per heavy atom. The maximum absolute atomic E-state index is 8.88. The fourth-order valence-electron chi connectivity index (χ4n) is 1.10. The van der Waals surface area contributed by atoms with Crippen molar-refractivity contribution in [2.24, 2.45) is 0 Å². The Bertz CT molecular complexity index is 341. The Labute approximate surface area is 81.7 Å². The summed E-state index contributed by atoms with van der Waals surface area (Å²) < 4.78 is 5.39. The molecule has 5 nitrogen and oxygen atoms in total. The molecule has 0 unspecified atom stereocenters. The van der Waals surface area contributed by atoms with Crippen LogP contribution in [0, 0.1) is 0 Å². The van der Waals surface area contributed by atoms with Crippen molar-refractivity contribution in [2.75, 3.05) is 5.73 Å². The second-order valence-electron chi connectivity index (χ2n) is 3.34. The number of pyridine rings is 1. The van der Waals surface area contributed by atoms with Crippen LogP contribution in [0.5, 0.6) is 5.88 Å². The van der Waals surface area contributed by atoms with Crippen molar-refractivity contribution < 1.29 is 14.8 Å². The summed E-state index contributed by atoms with van der Waals surface area (Å²) in [5.74, 6) is 0.439. The zero-order valence-corrected chi connectivity index (χ0v) is 7.55. The lowest BCUT2D eigenvalue weighted by atomic mass is 9.80. The molecule has 0 saturated heterocycles. The van der Waals surface area contributed by atoms with Gasteiger partial charge < -0.3 is 20.5 Å². The molecule has 1 saturated carbocycles. The molecule has 6 heteroatoms. The van der Waals surface area contributed by atoms with Gasteiger partial charge in [-0.25, -0.2) is 4.98 Å². The largest absolute Gasteiger partial charge is 0.492 e. The average Bonchev–Trinajstić information content (AvgIpc) is 2.87. The van der Waals surface area contributed by atoms with E-state index in [0.717, 1.165) is 12.8 Å². The Morgan fingerprint density at radius 3 is 2.71 bits per heavy atom. The van der Waals surface area contributed by atoms with E-state index in [1.807, 2.05) is 0 Å². The molecular weight excluding hydrogens is 183 g/mol. The van der Waals surface area contributed by atoms with E-state index in [1.54, 1.807) is 0 Å². The molecule has 2 rings (SSSR count). The Kier molecular flexibility index (Phi) is 2.31. The first-order valence-corrected chi connectivity index (χ1v) is 4.45. The summed E-state index contributed by atoms with van der Waals surface area (Å²) in [4.78, 5) is 3.92. The monoisotopic (exact) mass is 194 g/mol. The highest BCUT2D eigenvalue weighted by atomic mass is 16.5. The molecule has 0 aliphatic heterocycles. The third-order valence-corrected chi connectivity index (χ3v) is 2.03. The molecule has 0 atom stereocenters. The molecule has 0 aromatic carbocycles. The molecular formula is C8H11BN2O3. The average molecular weight is 194 g/mol. The van der Waals surface area contributed by atoms with Crippen LogP contribution in [-0.4, -0.2) is 28.3 Å². The summed E-state index contributed by atoms with van der Waals surface area (Å²) in [6.45, 7) is 0. The quantitative estimate of drug-likeness (QED) is 0.530. The van der Waals surface area contributed by atoms with E-state index in [4.69, 9.17) is 20.5 Å². The van der Waals surface area contributed by atoms with E-state index in [2.05, 4.69) is 4.98 Å². The van der Waals surface area contributed by atoms with Crippen molar-refractivity contribution in [2.45, 2.75) is 18.9 Å². The van der Waals surface area contributed by atoms with Gasteiger partial charge in [0.15, 0.2) is 0 Å². The minimum absolute atomic E-state index is 0.202. The molecule has 0 spiro atoms. The fraction of sp³-hybridized carbons (Fsp3) is 0.375. The van der Waals surface area contributed by atoms with Gasteiger partial charge in [0.05, 0.1) is 0 Å². The van der Waals surface area contributed by atoms with Crippen molar-refractivity contribution in [3.05, 3.63) is 12.3 Å². The maximum atomic E-state index is 8.88. The molecule has 1 aliphatic rings. The smallest absolute Gasteiger partial charge is 0.474 e. The molecule has 74 valence electrons. The van der Waals surface area contributed by atoms with Crippen molar-refractivity contribution in [3.8, 4) is 5.88 Å². The molecule has 1 aliphatic carbocycles. The Hall–Kier alpha value is -1.27. The topological polar surface area (TPSA) is 88.6 Å². The van der Waals surface area contributed by atoms with Gasteiger partial charge in [0, 0.05) is 23.4 Å². The molecule has 4 N–H and O–H groups in total. The molecule has 1 aromatic heterocycles. The standard InChI is InChI=1S/C8H11BN2O3/c10-7-3-8(14-5-1-2-5)11-4-6(7)9(12)13/h3-5,12-13H,1-2H2,(H2,10,11). The van der Waals surface area contributed by atoms with E-state index >= 15 is 0 Å². The zero-order chi connectivity index (χ0) is 10.1. The fourth-order valence-corrected chi connectivity index (χ4v) is 1.10. The van der Waals surface area contributed by atoms with Gasteiger partial charge in [-0.1, -0.05) is 0 Å². The number of nitrogens with zero attached hydrogens (tertiary/aromatic N) is 1. The third-order valence-electron chi connectivity index (χ3n) is 2.03. The summed E-state index contributed by atoms with van der Waals surface area (Å²) in [7, 11) is -1.59. The van der Waals surface area contributed by atoms with E-state index < -0.39 is 7.12 Å². The van der Waals surface area contributed by atoms with Gasteiger partial charge in [-0.2, -0.15) is 0 Å². The van der Waals surface area contributed by atoms with Crippen LogP contribution in [0.25, 0.3) is 0 Å². The lowest BCUT2D eigenvalue weighted by Crippen LogP contribution is -2.32. The van der Waals surface area contributed by atoms with Crippen LogP contribution in [0.3, 0.4) is 0 Å². The van der Waals surface area contributed by atoms with Crippen LogP contribution in [0.2, 0.25) is 0 Å². The maximum Gasteiger partial charge on any atom is 0.492 e. The zero-order valence-electron chi connectivity index (χ0n) is 7.55. The van der Waals surface area contributed by atoms with Gasteiger partial charge in [-0.15, -0.1) is 0 Å². The van der Waals surface area contributed by atoms with Crippen LogP contribution in [0.1, 0.15) is 12.8 Å². The van der Waals surface area contributed by atoms with Crippen molar-refractivity contribution in [1.29, 1.82) is 0 Å². The van der Waals surface area contributed by atoms with Gasteiger partial charge >= 0.3 is 7.12 Å². The molecule has 1 fully saturated rings. The van der Waals surface area contributed by atoms with Crippen molar-refractivity contribution >= 4 is 18.3 Å². The minimum Gasteiger partial charge on any atom is -0.474 e. The van der Waals surface area contributed by atoms with E-state index in [9.17, 15) is 0 Å². The number of rotatable bonds is 3. The lowest BCUT2D eigenvalue weighted by Gasteiger charge is -2.07. The van der Waals surface area contributed by atoms with Gasteiger partial charge in [-0.3, -0.25) is 0 Å².